The fourth-order valence-corrected chi connectivity index (χ4v) is 3.85. The van der Waals surface area contributed by atoms with Crippen LogP contribution in [0.1, 0.15) is 5.56 Å². The van der Waals surface area contributed by atoms with Crippen LogP contribution < -0.4 is 11.1 Å². The predicted molar refractivity (Wildman–Crippen MR) is 78.4 cm³/mol. The molecule has 0 aliphatic carbocycles. The van der Waals surface area contributed by atoms with Crippen molar-refractivity contribution in [3.05, 3.63) is 34.9 Å². The summed E-state index contributed by atoms with van der Waals surface area (Å²) in [6.07, 6.45) is 1.10. The molecule has 0 spiro atoms. The molecule has 0 aliphatic rings. The largest absolute Gasteiger partial charge is 0.382 e. The van der Waals surface area contributed by atoms with Crippen molar-refractivity contribution in [3.63, 3.8) is 0 Å². The number of rotatable bonds is 4. The molecule has 2 aromatic rings. The molecule has 1 aromatic carbocycles. The fraction of sp³-hybridized carbons (Fsp3) is 0.182. The van der Waals surface area contributed by atoms with Crippen LogP contribution >= 0.6 is 23.1 Å². The number of nitrogens with two attached hydrogens (primary N) is 1. The fourth-order valence-electron chi connectivity index (χ4n) is 1.58. The van der Waals surface area contributed by atoms with Crippen molar-refractivity contribution in [1.82, 2.24) is 4.37 Å². The van der Waals surface area contributed by atoms with Crippen LogP contribution in [0, 0.1) is 0 Å². The molecule has 0 saturated carbocycles. The molecule has 19 heavy (non-hydrogen) atoms. The Kier molecular flexibility index (Phi) is 3.98. The van der Waals surface area contributed by atoms with Gasteiger partial charge in [-0.15, -0.1) is 0 Å². The molecule has 0 fully saturated rings. The van der Waals surface area contributed by atoms with Crippen LogP contribution in [-0.4, -0.2) is 19.0 Å². The summed E-state index contributed by atoms with van der Waals surface area (Å²) in [7, 11) is -3.41. The molecule has 2 rings (SSSR count). The lowest BCUT2D eigenvalue weighted by atomic mass is 10.2. The zero-order valence-corrected chi connectivity index (χ0v) is 12.4. The Hall–Kier alpha value is -1.31. The Bertz CT molecular complexity index is 698. The van der Waals surface area contributed by atoms with Gasteiger partial charge in [0.15, 0.2) is 15.7 Å². The highest BCUT2D eigenvalue weighted by Gasteiger charge is 2.21. The van der Waals surface area contributed by atoms with E-state index in [0.29, 0.717) is 16.6 Å². The molecular formula is C11H12ClN3O2S2. The molecule has 0 atom stereocenters. The second-order valence-corrected chi connectivity index (χ2v) is 7.08. The lowest BCUT2D eigenvalue weighted by Crippen LogP contribution is -2.06. The molecule has 0 unspecified atom stereocenters. The van der Waals surface area contributed by atoms with E-state index in [-0.39, 0.29) is 10.7 Å². The molecular weight excluding hydrogens is 306 g/mol. The zero-order chi connectivity index (χ0) is 14.0. The van der Waals surface area contributed by atoms with E-state index in [1.165, 1.54) is 0 Å². The van der Waals surface area contributed by atoms with Crippen molar-refractivity contribution in [2.45, 2.75) is 11.4 Å². The second-order valence-electron chi connectivity index (χ2n) is 3.94. The molecule has 3 N–H and O–H groups in total. The molecule has 102 valence electrons. The number of anilines is 2. The Balaban J connectivity index is 2.24. The standard InChI is InChI=1S/C11H12ClN3O2S2/c1-19(16,17)9-10(13)15-18-11(9)14-6-7-4-2-3-5-8(7)12/h2-5,14H,6H2,1H3,(H2,13,15). The van der Waals surface area contributed by atoms with E-state index in [1.807, 2.05) is 18.2 Å². The number of hydrogen-bond acceptors (Lipinski definition) is 6. The summed E-state index contributed by atoms with van der Waals surface area (Å²) in [6.45, 7) is 0.407. The van der Waals surface area contributed by atoms with E-state index < -0.39 is 9.84 Å². The van der Waals surface area contributed by atoms with Crippen LogP contribution in [0.25, 0.3) is 0 Å². The van der Waals surface area contributed by atoms with Gasteiger partial charge in [0.2, 0.25) is 0 Å². The van der Waals surface area contributed by atoms with Gasteiger partial charge in [-0.3, -0.25) is 0 Å². The average Bonchev–Trinajstić information content (AvgIpc) is 2.69. The van der Waals surface area contributed by atoms with Gasteiger partial charge in [0.25, 0.3) is 0 Å². The predicted octanol–water partition coefficient (Wildman–Crippen LogP) is 2.39. The maximum absolute atomic E-state index is 11.6. The van der Waals surface area contributed by atoms with Crippen molar-refractivity contribution in [2.75, 3.05) is 17.3 Å². The third-order valence-electron chi connectivity index (χ3n) is 2.44. The van der Waals surface area contributed by atoms with E-state index in [9.17, 15) is 8.42 Å². The van der Waals surface area contributed by atoms with Gasteiger partial charge in [-0.05, 0) is 23.2 Å². The quantitative estimate of drug-likeness (QED) is 0.904. The summed E-state index contributed by atoms with van der Waals surface area (Å²) in [5, 5.41) is 4.06. The first-order valence-corrected chi connectivity index (χ1v) is 8.36. The minimum absolute atomic E-state index is 0.0224. The summed E-state index contributed by atoms with van der Waals surface area (Å²) in [4.78, 5) is 0.0459. The molecule has 1 heterocycles. The highest BCUT2D eigenvalue weighted by Crippen LogP contribution is 2.31. The molecule has 0 aliphatic heterocycles. The van der Waals surface area contributed by atoms with Crippen molar-refractivity contribution in [2.24, 2.45) is 0 Å². The SMILES string of the molecule is CS(=O)(=O)c1c(N)nsc1NCc1ccccc1Cl. The third kappa shape index (κ3) is 3.17. The van der Waals surface area contributed by atoms with Crippen molar-refractivity contribution in [1.29, 1.82) is 0 Å². The number of benzene rings is 1. The second kappa shape index (κ2) is 5.36. The summed E-state index contributed by atoms with van der Waals surface area (Å²) < 4.78 is 27.1. The number of sulfone groups is 1. The van der Waals surface area contributed by atoms with Crippen molar-refractivity contribution >= 4 is 43.8 Å². The number of hydrogen-bond donors (Lipinski definition) is 2. The summed E-state index contributed by atoms with van der Waals surface area (Å²) in [5.41, 5.74) is 6.45. The number of nitrogen functional groups attached to an aromatic ring is 1. The first-order chi connectivity index (χ1) is 8.89. The monoisotopic (exact) mass is 317 g/mol. The Morgan fingerprint density at radius 2 is 2.11 bits per heavy atom. The van der Waals surface area contributed by atoms with Crippen molar-refractivity contribution < 1.29 is 8.42 Å². The van der Waals surface area contributed by atoms with Crippen molar-refractivity contribution in [3.8, 4) is 0 Å². The number of aromatic nitrogens is 1. The maximum atomic E-state index is 11.6. The van der Waals surface area contributed by atoms with E-state index in [1.54, 1.807) is 6.07 Å². The van der Waals surface area contributed by atoms with Gasteiger partial charge < -0.3 is 11.1 Å². The topological polar surface area (TPSA) is 85.1 Å². The Morgan fingerprint density at radius 1 is 1.42 bits per heavy atom. The number of halogens is 1. The van der Waals surface area contributed by atoms with Crippen LogP contribution in [0.5, 0.6) is 0 Å². The third-order valence-corrected chi connectivity index (χ3v) is 4.91. The zero-order valence-electron chi connectivity index (χ0n) is 10.1. The minimum Gasteiger partial charge on any atom is -0.382 e. The first kappa shape index (κ1) is 14.1. The molecule has 0 radical (unpaired) electrons. The van der Waals surface area contributed by atoms with Gasteiger partial charge in [-0.25, -0.2) is 8.42 Å². The number of nitrogens with one attached hydrogen (secondary N) is 1. The molecule has 8 heteroatoms. The van der Waals surface area contributed by atoms with E-state index in [2.05, 4.69) is 9.69 Å². The molecule has 5 nitrogen and oxygen atoms in total. The maximum Gasteiger partial charge on any atom is 0.182 e. The molecule has 0 saturated heterocycles. The highest BCUT2D eigenvalue weighted by molar-refractivity contribution is 7.91. The van der Waals surface area contributed by atoms with Crippen LogP contribution in [0.2, 0.25) is 5.02 Å². The lowest BCUT2D eigenvalue weighted by molar-refractivity contribution is 0.602. The number of nitrogens with zero attached hydrogens (tertiary/aromatic N) is 1. The molecule has 0 amide bonds. The van der Waals surface area contributed by atoms with Gasteiger partial charge in [-0.1, -0.05) is 29.8 Å². The Morgan fingerprint density at radius 3 is 2.74 bits per heavy atom. The van der Waals surface area contributed by atoms with Crippen LogP contribution in [0.4, 0.5) is 10.8 Å². The van der Waals surface area contributed by atoms with Crippen LogP contribution in [0.3, 0.4) is 0 Å². The normalized spacial score (nSPS) is 11.5. The smallest absolute Gasteiger partial charge is 0.182 e. The van der Waals surface area contributed by atoms with Gasteiger partial charge in [0, 0.05) is 17.8 Å². The van der Waals surface area contributed by atoms with E-state index in [0.717, 1.165) is 23.4 Å². The summed E-state index contributed by atoms with van der Waals surface area (Å²) >= 11 is 7.05. The molecule has 0 bridgehead atoms. The van der Waals surface area contributed by atoms with Crippen LogP contribution in [-0.2, 0) is 16.4 Å². The summed E-state index contributed by atoms with van der Waals surface area (Å²) in [6, 6.07) is 7.33. The van der Waals surface area contributed by atoms with E-state index in [4.69, 9.17) is 17.3 Å². The summed E-state index contributed by atoms with van der Waals surface area (Å²) in [5.74, 6) is 0.0224. The first-order valence-electron chi connectivity index (χ1n) is 5.32. The van der Waals surface area contributed by atoms with Gasteiger partial charge in [-0.2, -0.15) is 4.37 Å². The Labute approximate surface area is 120 Å². The van der Waals surface area contributed by atoms with E-state index >= 15 is 0 Å². The van der Waals surface area contributed by atoms with Gasteiger partial charge >= 0.3 is 0 Å². The van der Waals surface area contributed by atoms with Gasteiger partial charge in [0.05, 0.1) is 0 Å². The minimum atomic E-state index is -3.41. The lowest BCUT2D eigenvalue weighted by Gasteiger charge is -2.07. The van der Waals surface area contributed by atoms with Gasteiger partial charge in [0.1, 0.15) is 9.90 Å². The highest BCUT2D eigenvalue weighted by atomic mass is 35.5. The molecule has 1 aromatic heterocycles. The average molecular weight is 318 g/mol. The van der Waals surface area contributed by atoms with Crippen LogP contribution in [0.15, 0.2) is 29.2 Å².